The third-order valence-electron chi connectivity index (χ3n) is 5.28. The lowest BCUT2D eigenvalue weighted by Crippen LogP contribution is -3.03. The highest BCUT2D eigenvalue weighted by molar-refractivity contribution is 5.74. The van der Waals surface area contributed by atoms with Crippen LogP contribution < -0.4 is 16.0 Å². The SMILES string of the molecule is NC1=[NH+][C@H](O)[C@H]2[C@H]3O[C@]4(O)O[C@@H]([C@H](O)[C@@]2(N1)C4O)[C@]3(O)CO. The van der Waals surface area contributed by atoms with Gasteiger partial charge >= 0.3 is 11.9 Å². The Bertz CT molecular complexity index is 561. The van der Waals surface area contributed by atoms with E-state index < -0.39 is 60.3 Å². The summed E-state index contributed by atoms with van der Waals surface area (Å²) >= 11 is 0. The Hall–Kier alpha value is -1.05. The molecule has 4 fully saturated rings. The summed E-state index contributed by atoms with van der Waals surface area (Å²) in [6.45, 7) is -0.843. The molecule has 1 spiro atoms. The predicted octanol–water partition coefficient (Wildman–Crippen LogP) is -7.44. The molecule has 0 aromatic carbocycles. The van der Waals surface area contributed by atoms with E-state index in [1.807, 2.05) is 0 Å². The van der Waals surface area contributed by atoms with E-state index in [9.17, 15) is 30.6 Å². The third kappa shape index (κ3) is 1.28. The van der Waals surface area contributed by atoms with Gasteiger partial charge in [-0.1, -0.05) is 0 Å². The first-order valence-corrected chi connectivity index (χ1v) is 6.83. The summed E-state index contributed by atoms with van der Waals surface area (Å²) in [5.74, 6) is -3.75. The topological polar surface area (TPSA) is 192 Å². The fraction of sp³-hybridized carbons (Fsp3) is 0.909. The van der Waals surface area contributed by atoms with Gasteiger partial charge in [0.1, 0.15) is 23.9 Å². The molecule has 11 nitrogen and oxygen atoms in total. The van der Waals surface area contributed by atoms with E-state index in [-0.39, 0.29) is 5.96 Å². The van der Waals surface area contributed by atoms with Crippen LogP contribution in [0.1, 0.15) is 0 Å². The van der Waals surface area contributed by atoms with Gasteiger partial charge in [0, 0.05) is 0 Å². The molecule has 0 radical (unpaired) electrons. The Labute approximate surface area is 123 Å². The number of nitrogens with two attached hydrogens (primary N) is 1. The molecule has 124 valence electrons. The Morgan fingerprint density at radius 2 is 1.82 bits per heavy atom. The van der Waals surface area contributed by atoms with Crippen molar-refractivity contribution < 1.29 is 45.1 Å². The predicted molar refractivity (Wildman–Crippen MR) is 64.3 cm³/mol. The van der Waals surface area contributed by atoms with Crippen molar-refractivity contribution in [1.29, 1.82) is 0 Å². The molecule has 1 saturated carbocycles. The van der Waals surface area contributed by atoms with Crippen molar-refractivity contribution in [2.45, 2.75) is 47.8 Å². The second-order valence-electron chi connectivity index (χ2n) is 6.29. The van der Waals surface area contributed by atoms with Crippen molar-refractivity contribution in [3.63, 3.8) is 0 Å². The molecule has 4 heterocycles. The first kappa shape index (κ1) is 14.5. The van der Waals surface area contributed by atoms with Crippen molar-refractivity contribution in [2.24, 2.45) is 11.7 Å². The van der Waals surface area contributed by atoms with Crippen LogP contribution in [0.2, 0.25) is 0 Å². The third-order valence-corrected chi connectivity index (χ3v) is 5.28. The van der Waals surface area contributed by atoms with Gasteiger partial charge in [-0.15, -0.1) is 0 Å². The van der Waals surface area contributed by atoms with Crippen LogP contribution in [0, 0.1) is 5.92 Å². The minimum atomic E-state index is -2.50. The van der Waals surface area contributed by atoms with Gasteiger partial charge in [0.05, 0.1) is 12.5 Å². The van der Waals surface area contributed by atoms with Crippen LogP contribution in [0.5, 0.6) is 0 Å². The lowest BCUT2D eigenvalue weighted by Gasteiger charge is -2.69. The first-order valence-electron chi connectivity index (χ1n) is 6.83. The summed E-state index contributed by atoms with van der Waals surface area (Å²) in [5.41, 5.74) is 1.84. The number of nitrogens with one attached hydrogen (secondary N) is 2. The van der Waals surface area contributed by atoms with Gasteiger partial charge < -0.3 is 40.1 Å². The minimum absolute atomic E-state index is 0.125. The van der Waals surface area contributed by atoms with Crippen molar-refractivity contribution >= 4 is 5.96 Å². The van der Waals surface area contributed by atoms with Crippen LogP contribution in [0.25, 0.3) is 0 Å². The lowest BCUT2D eigenvalue weighted by molar-refractivity contribution is -0.621. The average Bonchev–Trinajstić information content (AvgIpc) is 2.45. The molecular formula is C11H18N3O8+. The van der Waals surface area contributed by atoms with Crippen LogP contribution in [-0.2, 0) is 9.47 Å². The molecule has 0 amide bonds. The maximum absolute atomic E-state index is 10.6. The van der Waals surface area contributed by atoms with Gasteiger partial charge in [-0.25, -0.2) is 0 Å². The average molecular weight is 320 g/mol. The first-order chi connectivity index (χ1) is 10.2. The van der Waals surface area contributed by atoms with Gasteiger partial charge in [0.2, 0.25) is 0 Å². The van der Waals surface area contributed by atoms with E-state index in [0.29, 0.717) is 0 Å². The molecule has 0 aromatic rings. The van der Waals surface area contributed by atoms with Crippen molar-refractivity contribution in [3.8, 4) is 0 Å². The minimum Gasteiger partial charge on any atom is -0.393 e. The molecule has 1 unspecified atom stereocenters. The molecule has 4 aliphatic heterocycles. The van der Waals surface area contributed by atoms with Crippen molar-refractivity contribution in [2.75, 3.05) is 6.61 Å². The number of aliphatic hydroxyl groups is 6. The second-order valence-corrected chi connectivity index (χ2v) is 6.29. The molecule has 11 heteroatoms. The molecule has 10 N–H and O–H groups in total. The molecule has 22 heavy (non-hydrogen) atoms. The molecule has 5 rings (SSSR count). The zero-order valence-electron chi connectivity index (χ0n) is 11.2. The number of hydrogen-bond donors (Lipinski definition) is 9. The molecule has 5 aliphatic rings. The van der Waals surface area contributed by atoms with E-state index in [1.165, 1.54) is 0 Å². The highest BCUT2D eigenvalue weighted by atomic mass is 16.9. The standard InChI is InChI=1S/C11H17N3O8/c12-8-13-6(17)2-4-9(19,1-15)5-3(16)10(2,14-8)7(18)11(20,21-4)22-5/h2-7,15-20H,1H2,(H3,12,13,14)/p+1/t2-,3+,4-,5+,6-,7?,9+,10-,11+/m1/s1. The maximum atomic E-state index is 10.6. The number of ether oxygens (including phenoxy) is 2. The maximum Gasteiger partial charge on any atom is 0.343 e. The van der Waals surface area contributed by atoms with E-state index in [1.54, 1.807) is 0 Å². The summed E-state index contributed by atoms with van der Waals surface area (Å²) in [6, 6.07) is 0. The van der Waals surface area contributed by atoms with Crippen LogP contribution in [0.4, 0.5) is 0 Å². The summed E-state index contributed by atoms with van der Waals surface area (Å²) in [5, 5.41) is 64.5. The van der Waals surface area contributed by atoms with Gasteiger partial charge in [-0.05, 0) is 0 Å². The van der Waals surface area contributed by atoms with E-state index >= 15 is 0 Å². The normalized spacial score (nSPS) is 62.4. The summed E-state index contributed by atoms with van der Waals surface area (Å²) in [6.07, 6.45) is -7.56. The smallest absolute Gasteiger partial charge is 0.343 e. The number of guanidine groups is 1. The summed E-state index contributed by atoms with van der Waals surface area (Å²) in [7, 11) is 0. The highest BCUT2D eigenvalue weighted by Gasteiger charge is 2.84. The number of hydrogen-bond acceptors (Lipinski definition) is 10. The highest BCUT2D eigenvalue weighted by Crippen LogP contribution is 2.57. The fourth-order valence-electron chi connectivity index (χ4n) is 4.30. The zero-order valence-corrected chi connectivity index (χ0v) is 11.2. The number of aliphatic hydroxyl groups excluding tert-OH is 4. The van der Waals surface area contributed by atoms with E-state index in [4.69, 9.17) is 15.2 Å². The Morgan fingerprint density at radius 3 is 2.45 bits per heavy atom. The molecule has 3 saturated heterocycles. The van der Waals surface area contributed by atoms with E-state index in [2.05, 4.69) is 10.3 Å². The quantitative estimate of drug-likeness (QED) is 0.224. The van der Waals surface area contributed by atoms with Crippen LogP contribution in [-0.4, -0.2) is 91.0 Å². The number of rotatable bonds is 1. The lowest BCUT2D eigenvalue weighted by atomic mass is 9.55. The van der Waals surface area contributed by atoms with Gasteiger partial charge in [-0.3, -0.25) is 16.0 Å². The zero-order chi connectivity index (χ0) is 16.1. The molecular weight excluding hydrogens is 302 g/mol. The van der Waals surface area contributed by atoms with Crippen LogP contribution in [0.15, 0.2) is 0 Å². The van der Waals surface area contributed by atoms with Gasteiger partial charge in [0.25, 0.3) is 0 Å². The van der Waals surface area contributed by atoms with Gasteiger partial charge in [0.15, 0.2) is 17.9 Å². The molecule has 0 aromatic heterocycles. The monoisotopic (exact) mass is 320 g/mol. The fourth-order valence-corrected chi connectivity index (χ4v) is 4.30. The van der Waals surface area contributed by atoms with Crippen molar-refractivity contribution in [1.82, 2.24) is 5.32 Å². The van der Waals surface area contributed by atoms with Crippen LogP contribution in [0.3, 0.4) is 0 Å². The van der Waals surface area contributed by atoms with Gasteiger partial charge in [-0.2, -0.15) is 0 Å². The van der Waals surface area contributed by atoms with E-state index in [0.717, 1.165) is 0 Å². The molecule has 4 bridgehead atoms. The Kier molecular flexibility index (Phi) is 2.57. The Morgan fingerprint density at radius 1 is 1.18 bits per heavy atom. The molecule has 1 aliphatic carbocycles. The largest absolute Gasteiger partial charge is 0.393 e. The van der Waals surface area contributed by atoms with Crippen LogP contribution >= 0.6 is 0 Å². The molecule has 9 atom stereocenters. The summed E-state index contributed by atoms with van der Waals surface area (Å²) < 4.78 is 10.3. The van der Waals surface area contributed by atoms with Crippen molar-refractivity contribution in [3.05, 3.63) is 0 Å². The Balaban J connectivity index is 1.95. The second kappa shape index (κ2) is 3.88. The summed E-state index contributed by atoms with van der Waals surface area (Å²) in [4.78, 5) is 2.47.